The normalized spacial score (nSPS) is 12.2. The SMILES string of the molecule is CCN(CC)CC(C)Nc1ccc(C=O)cc1[N+](=O)[O-]. The minimum absolute atomic E-state index is 0.0685. The molecule has 6 nitrogen and oxygen atoms in total. The van der Waals surface area contributed by atoms with Crippen LogP contribution in [0.1, 0.15) is 31.1 Å². The van der Waals surface area contributed by atoms with Crippen LogP contribution in [0.4, 0.5) is 11.4 Å². The van der Waals surface area contributed by atoms with Gasteiger partial charge in [-0.1, -0.05) is 13.8 Å². The predicted molar refractivity (Wildman–Crippen MR) is 79.4 cm³/mol. The Bertz CT molecular complexity index is 473. The van der Waals surface area contributed by atoms with Crippen LogP contribution in [0.15, 0.2) is 18.2 Å². The molecular formula is C14H21N3O3. The zero-order valence-corrected chi connectivity index (χ0v) is 12.1. The molecule has 0 aliphatic heterocycles. The third kappa shape index (κ3) is 4.31. The minimum Gasteiger partial charge on any atom is -0.376 e. The summed E-state index contributed by atoms with van der Waals surface area (Å²) in [5, 5.41) is 14.2. The van der Waals surface area contributed by atoms with Gasteiger partial charge in [-0.25, -0.2) is 0 Å². The van der Waals surface area contributed by atoms with Gasteiger partial charge in [-0.3, -0.25) is 14.9 Å². The maximum absolute atomic E-state index is 11.0. The molecule has 0 aromatic heterocycles. The van der Waals surface area contributed by atoms with Gasteiger partial charge >= 0.3 is 0 Å². The lowest BCUT2D eigenvalue weighted by molar-refractivity contribution is -0.384. The fourth-order valence-corrected chi connectivity index (χ4v) is 2.08. The number of nitro benzene ring substituents is 1. The molecule has 1 aromatic rings. The predicted octanol–water partition coefficient (Wildman–Crippen LogP) is 2.55. The fourth-order valence-electron chi connectivity index (χ4n) is 2.08. The van der Waals surface area contributed by atoms with Crippen molar-refractivity contribution in [3.05, 3.63) is 33.9 Å². The highest BCUT2D eigenvalue weighted by molar-refractivity contribution is 5.79. The van der Waals surface area contributed by atoms with Crippen molar-refractivity contribution in [2.45, 2.75) is 26.8 Å². The molecule has 0 aliphatic carbocycles. The standard InChI is InChI=1S/C14H21N3O3/c1-4-16(5-2)9-11(3)15-13-7-6-12(10-18)8-14(13)17(19)20/h6-8,10-11,15H,4-5,9H2,1-3H3. The van der Waals surface area contributed by atoms with Gasteiger partial charge in [0.25, 0.3) is 5.69 Å². The van der Waals surface area contributed by atoms with Gasteiger partial charge < -0.3 is 10.2 Å². The number of nitrogens with one attached hydrogen (secondary N) is 1. The van der Waals surface area contributed by atoms with E-state index < -0.39 is 4.92 Å². The minimum atomic E-state index is -0.473. The van der Waals surface area contributed by atoms with Crippen LogP contribution < -0.4 is 5.32 Å². The molecule has 0 saturated carbocycles. The smallest absolute Gasteiger partial charge is 0.293 e. The van der Waals surface area contributed by atoms with Crippen molar-refractivity contribution in [1.82, 2.24) is 4.90 Å². The molecule has 1 N–H and O–H groups in total. The van der Waals surface area contributed by atoms with Crippen molar-refractivity contribution >= 4 is 17.7 Å². The quantitative estimate of drug-likeness (QED) is 0.449. The molecule has 1 unspecified atom stereocenters. The van der Waals surface area contributed by atoms with Gasteiger partial charge in [0.05, 0.1) is 4.92 Å². The second kappa shape index (κ2) is 7.59. The van der Waals surface area contributed by atoms with Gasteiger partial charge in [-0.05, 0) is 32.1 Å². The van der Waals surface area contributed by atoms with Crippen LogP contribution >= 0.6 is 0 Å². The Morgan fingerprint density at radius 2 is 2.05 bits per heavy atom. The van der Waals surface area contributed by atoms with Crippen molar-refractivity contribution in [3.8, 4) is 0 Å². The summed E-state index contributed by atoms with van der Waals surface area (Å²) in [6.45, 7) is 8.83. The molecule has 0 aliphatic rings. The van der Waals surface area contributed by atoms with Crippen LogP contribution in [0.5, 0.6) is 0 Å². The highest BCUT2D eigenvalue weighted by Crippen LogP contribution is 2.25. The van der Waals surface area contributed by atoms with Crippen molar-refractivity contribution in [1.29, 1.82) is 0 Å². The number of aldehydes is 1. The van der Waals surface area contributed by atoms with E-state index in [9.17, 15) is 14.9 Å². The van der Waals surface area contributed by atoms with E-state index >= 15 is 0 Å². The van der Waals surface area contributed by atoms with E-state index in [-0.39, 0.29) is 11.7 Å². The topological polar surface area (TPSA) is 75.5 Å². The largest absolute Gasteiger partial charge is 0.376 e. The molecule has 6 heteroatoms. The summed E-state index contributed by atoms with van der Waals surface area (Å²) in [6, 6.07) is 4.53. The zero-order valence-electron chi connectivity index (χ0n) is 12.1. The van der Waals surface area contributed by atoms with Crippen LogP contribution in [0.3, 0.4) is 0 Å². The number of carbonyl (C=O) groups excluding carboxylic acids is 1. The maximum Gasteiger partial charge on any atom is 0.293 e. The fraction of sp³-hybridized carbons (Fsp3) is 0.500. The average molecular weight is 279 g/mol. The lowest BCUT2D eigenvalue weighted by atomic mass is 10.1. The highest BCUT2D eigenvalue weighted by Gasteiger charge is 2.17. The van der Waals surface area contributed by atoms with Crippen LogP contribution in [0, 0.1) is 10.1 Å². The van der Waals surface area contributed by atoms with Crippen molar-refractivity contribution < 1.29 is 9.72 Å². The Kier molecular flexibility index (Phi) is 6.11. The molecule has 0 spiro atoms. The molecule has 20 heavy (non-hydrogen) atoms. The molecule has 1 aromatic carbocycles. The number of carbonyl (C=O) groups is 1. The summed E-state index contributed by atoms with van der Waals surface area (Å²) in [4.78, 5) is 23.5. The number of rotatable bonds is 8. The van der Waals surface area contributed by atoms with E-state index in [0.717, 1.165) is 19.6 Å². The first-order chi connectivity index (χ1) is 9.51. The van der Waals surface area contributed by atoms with Gasteiger partial charge in [0.15, 0.2) is 0 Å². The Balaban J connectivity index is 2.85. The highest BCUT2D eigenvalue weighted by atomic mass is 16.6. The Hall–Kier alpha value is -1.95. The van der Waals surface area contributed by atoms with Gasteiger partial charge in [0, 0.05) is 24.2 Å². The third-order valence-corrected chi connectivity index (χ3v) is 3.18. The van der Waals surface area contributed by atoms with Crippen molar-refractivity contribution in [3.63, 3.8) is 0 Å². The van der Waals surface area contributed by atoms with Crippen molar-refractivity contribution in [2.24, 2.45) is 0 Å². The summed E-state index contributed by atoms with van der Waals surface area (Å²) in [5.41, 5.74) is 0.680. The summed E-state index contributed by atoms with van der Waals surface area (Å²) in [7, 11) is 0. The van der Waals surface area contributed by atoms with Crippen LogP contribution in [0.25, 0.3) is 0 Å². The lowest BCUT2D eigenvalue weighted by Gasteiger charge is -2.24. The number of hydrogen-bond donors (Lipinski definition) is 1. The summed E-state index contributed by atoms with van der Waals surface area (Å²) < 4.78 is 0. The number of anilines is 1. The van der Waals surface area contributed by atoms with Gasteiger partial charge in [0.2, 0.25) is 0 Å². The second-order valence-electron chi connectivity index (χ2n) is 4.68. The molecule has 0 amide bonds. The van der Waals surface area contributed by atoms with Crippen LogP contribution in [-0.2, 0) is 0 Å². The van der Waals surface area contributed by atoms with Crippen LogP contribution in [-0.4, -0.2) is 41.8 Å². The Labute approximate surface area is 118 Å². The molecule has 1 rings (SSSR count). The van der Waals surface area contributed by atoms with E-state index in [1.807, 2.05) is 6.92 Å². The van der Waals surface area contributed by atoms with E-state index in [2.05, 4.69) is 24.1 Å². The first-order valence-electron chi connectivity index (χ1n) is 6.74. The van der Waals surface area contributed by atoms with E-state index in [4.69, 9.17) is 0 Å². The van der Waals surface area contributed by atoms with Gasteiger partial charge in [-0.15, -0.1) is 0 Å². The summed E-state index contributed by atoms with van der Waals surface area (Å²) in [5.74, 6) is 0. The van der Waals surface area contributed by atoms with E-state index in [0.29, 0.717) is 17.5 Å². The first-order valence-corrected chi connectivity index (χ1v) is 6.74. The van der Waals surface area contributed by atoms with E-state index in [1.165, 1.54) is 6.07 Å². The molecule has 110 valence electrons. The first kappa shape index (κ1) is 16.1. The molecule has 0 radical (unpaired) electrons. The summed E-state index contributed by atoms with van der Waals surface area (Å²) >= 11 is 0. The lowest BCUT2D eigenvalue weighted by Crippen LogP contribution is -2.34. The Morgan fingerprint density at radius 3 is 2.55 bits per heavy atom. The number of likely N-dealkylation sites (N-methyl/N-ethyl adjacent to an activating group) is 1. The molecule has 0 bridgehead atoms. The third-order valence-electron chi connectivity index (χ3n) is 3.18. The van der Waals surface area contributed by atoms with Crippen molar-refractivity contribution in [2.75, 3.05) is 25.0 Å². The number of benzene rings is 1. The van der Waals surface area contributed by atoms with E-state index in [1.54, 1.807) is 12.1 Å². The second-order valence-corrected chi connectivity index (χ2v) is 4.68. The van der Waals surface area contributed by atoms with Gasteiger partial charge in [-0.2, -0.15) is 0 Å². The van der Waals surface area contributed by atoms with Crippen LogP contribution in [0.2, 0.25) is 0 Å². The monoisotopic (exact) mass is 279 g/mol. The molecule has 1 atom stereocenters. The molecule has 0 heterocycles. The number of nitrogens with zero attached hydrogens (tertiary/aromatic N) is 2. The number of hydrogen-bond acceptors (Lipinski definition) is 5. The maximum atomic E-state index is 11.0. The molecule has 0 saturated heterocycles. The zero-order chi connectivity index (χ0) is 15.1. The summed E-state index contributed by atoms with van der Waals surface area (Å²) in [6.07, 6.45) is 0.607. The number of nitro groups is 1. The average Bonchev–Trinajstić information content (AvgIpc) is 2.44. The van der Waals surface area contributed by atoms with Gasteiger partial charge in [0.1, 0.15) is 12.0 Å². The molecule has 0 fully saturated rings. The Morgan fingerprint density at radius 1 is 1.40 bits per heavy atom. The molecular weight excluding hydrogens is 258 g/mol.